The molecule has 0 aromatic carbocycles. The highest BCUT2D eigenvalue weighted by Gasteiger charge is 2.20. The zero-order valence-corrected chi connectivity index (χ0v) is 8.30. The van der Waals surface area contributed by atoms with E-state index in [1.165, 1.54) is 0 Å². The van der Waals surface area contributed by atoms with Crippen molar-refractivity contribution in [3.63, 3.8) is 0 Å². The van der Waals surface area contributed by atoms with Crippen molar-refractivity contribution in [3.8, 4) is 0 Å². The number of nitrogens with one attached hydrogen (secondary N) is 2. The Morgan fingerprint density at radius 3 is 3.08 bits per heavy atom. The minimum absolute atomic E-state index is 0.158. The van der Waals surface area contributed by atoms with Crippen molar-refractivity contribution in [1.82, 2.24) is 10.6 Å². The average Bonchev–Trinajstić information content (AvgIpc) is 2.57. The van der Waals surface area contributed by atoms with Crippen molar-refractivity contribution < 1.29 is 9.53 Å². The summed E-state index contributed by atoms with van der Waals surface area (Å²) in [6.07, 6.45) is 1.09. The minimum atomic E-state index is -0.190. The fourth-order valence-corrected chi connectivity index (χ4v) is 1.49. The van der Waals surface area contributed by atoms with Crippen molar-refractivity contribution >= 4 is 5.97 Å². The van der Waals surface area contributed by atoms with E-state index < -0.39 is 0 Å². The van der Waals surface area contributed by atoms with Crippen molar-refractivity contribution in [2.75, 3.05) is 19.7 Å². The van der Waals surface area contributed by atoms with Crippen molar-refractivity contribution in [2.45, 2.75) is 32.4 Å². The van der Waals surface area contributed by atoms with Gasteiger partial charge in [0, 0.05) is 12.6 Å². The van der Waals surface area contributed by atoms with Gasteiger partial charge < -0.3 is 15.4 Å². The first-order valence-electron chi connectivity index (χ1n) is 4.87. The van der Waals surface area contributed by atoms with Gasteiger partial charge in [-0.2, -0.15) is 0 Å². The molecule has 0 radical (unpaired) electrons. The SMILES string of the molecule is CCOC(=O)C(C)NC1CCNC1. The number of carbonyl (C=O) groups excluding carboxylic acids is 1. The fourth-order valence-electron chi connectivity index (χ4n) is 1.49. The zero-order valence-electron chi connectivity index (χ0n) is 8.30. The van der Waals surface area contributed by atoms with Crippen LogP contribution in [0.2, 0.25) is 0 Å². The van der Waals surface area contributed by atoms with Crippen LogP contribution < -0.4 is 10.6 Å². The monoisotopic (exact) mass is 186 g/mol. The lowest BCUT2D eigenvalue weighted by molar-refractivity contribution is -0.145. The summed E-state index contributed by atoms with van der Waals surface area (Å²) in [5.74, 6) is -0.158. The predicted octanol–water partition coefficient (Wildman–Crippen LogP) is -0.110. The number of esters is 1. The molecule has 2 N–H and O–H groups in total. The summed E-state index contributed by atoms with van der Waals surface area (Å²) in [5, 5.41) is 6.46. The highest BCUT2D eigenvalue weighted by atomic mass is 16.5. The summed E-state index contributed by atoms with van der Waals surface area (Å²) in [7, 11) is 0. The molecule has 0 saturated carbocycles. The van der Waals surface area contributed by atoms with Crippen LogP contribution in [0.25, 0.3) is 0 Å². The summed E-state index contributed by atoms with van der Waals surface area (Å²) in [5.41, 5.74) is 0. The summed E-state index contributed by atoms with van der Waals surface area (Å²) in [6.45, 7) is 6.10. The maximum absolute atomic E-state index is 11.2. The smallest absolute Gasteiger partial charge is 0.322 e. The van der Waals surface area contributed by atoms with Gasteiger partial charge in [-0.1, -0.05) is 0 Å². The lowest BCUT2D eigenvalue weighted by atomic mass is 10.2. The molecule has 0 spiro atoms. The quantitative estimate of drug-likeness (QED) is 0.601. The molecule has 1 rings (SSSR count). The number of ether oxygens (including phenoxy) is 1. The van der Waals surface area contributed by atoms with Crippen LogP contribution in [-0.2, 0) is 9.53 Å². The van der Waals surface area contributed by atoms with Gasteiger partial charge in [0.2, 0.25) is 0 Å². The van der Waals surface area contributed by atoms with E-state index in [-0.39, 0.29) is 12.0 Å². The molecule has 0 bridgehead atoms. The van der Waals surface area contributed by atoms with E-state index in [9.17, 15) is 4.79 Å². The van der Waals surface area contributed by atoms with E-state index in [2.05, 4.69) is 10.6 Å². The average molecular weight is 186 g/mol. The Kier molecular flexibility index (Phi) is 4.18. The van der Waals surface area contributed by atoms with Crippen molar-refractivity contribution in [2.24, 2.45) is 0 Å². The molecule has 2 unspecified atom stereocenters. The van der Waals surface area contributed by atoms with E-state index in [0.29, 0.717) is 12.6 Å². The Labute approximate surface area is 79.0 Å². The number of rotatable bonds is 4. The number of carbonyl (C=O) groups is 1. The third kappa shape index (κ3) is 3.32. The Balaban J connectivity index is 2.22. The number of hydrogen-bond acceptors (Lipinski definition) is 4. The van der Waals surface area contributed by atoms with Crippen LogP contribution in [0.4, 0.5) is 0 Å². The molecule has 0 aromatic rings. The van der Waals surface area contributed by atoms with Gasteiger partial charge in [-0.25, -0.2) is 0 Å². The molecule has 13 heavy (non-hydrogen) atoms. The van der Waals surface area contributed by atoms with Crippen LogP contribution in [0.3, 0.4) is 0 Å². The van der Waals surface area contributed by atoms with Crippen LogP contribution in [0.1, 0.15) is 20.3 Å². The van der Waals surface area contributed by atoms with Gasteiger partial charge in [0.25, 0.3) is 0 Å². The number of hydrogen-bond donors (Lipinski definition) is 2. The zero-order chi connectivity index (χ0) is 9.68. The highest BCUT2D eigenvalue weighted by molar-refractivity contribution is 5.75. The van der Waals surface area contributed by atoms with Crippen molar-refractivity contribution in [3.05, 3.63) is 0 Å². The molecule has 2 atom stereocenters. The minimum Gasteiger partial charge on any atom is -0.465 e. The summed E-state index contributed by atoms with van der Waals surface area (Å²) < 4.78 is 4.89. The first kappa shape index (κ1) is 10.5. The summed E-state index contributed by atoms with van der Waals surface area (Å²) in [4.78, 5) is 11.2. The molecule has 0 aromatic heterocycles. The second kappa shape index (κ2) is 5.19. The maximum atomic E-state index is 11.2. The predicted molar refractivity (Wildman–Crippen MR) is 50.5 cm³/mol. The van der Waals surface area contributed by atoms with Crippen molar-refractivity contribution in [1.29, 1.82) is 0 Å². The molecule has 4 nitrogen and oxygen atoms in total. The van der Waals surface area contributed by atoms with Crippen LogP contribution >= 0.6 is 0 Å². The molecule has 0 amide bonds. The lowest BCUT2D eigenvalue weighted by Crippen LogP contribution is -2.43. The molecular weight excluding hydrogens is 168 g/mol. The Hall–Kier alpha value is -0.610. The largest absolute Gasteiger partial charge is 0.465 e. The van der Waals surface area contributed by atoms with Gasteiger partial charge in [0.1, 0.15) is 6.04 Å². The maximum Gasteiger partial charge on any atom is 0.322 e. The first-order valence-corrected chi connectivity index (χ1v) is 4.87. The van der Waals surface area contributed by atoms with Crippen LogP contribution in [0, 0.1) is 0 Å². The van der Waals surface area contributed by atoms with Gasteiger partial charge in [0.15, 0.2) is 0 Å². The van der Waals surface area contributed by atoms with Gasteiger partial charge in [0.05, 0.1) is 6.61 Å². The van der Waals surface area contributed by atoms with E-state index in [1.807, 2.05) is 13.8 Å². The molecule has 1 heterocycles. The fraction of sp³-hybridized carbons (Fsp3) is 0.889. The van der Waals surface area contributed by atoms with Gasteiger partial charge >= 0.3 is 5.97 Å². The molecular formula is C9H18N2O2. The van der Waals surface area contributed by atoms with E-state index in [4.69, 9.17) is 4.74 Å². The van der Waals surface area contributed by atoms with Crippen LogP contribution in [-0.4, -0.2) is 37.7 Å². The molecule has 1 saturated heterocycles. The van der Waals surface area contributed by atoms with E-state index >= 15 is 0 Å². The first-order chi connectivity index (χ1) is 6.24. The van der Waals surface area contributed by atoms with E-state index in [1.54, 1.807) is 0 Å². The Bertz CT molecular complexity index is 167. The molecule has 1 aliphatic heterocycles. The standard InChI is InChI=1S/C9H18N2O2/c1-3-13-9(12)7(2)11-8-4-5-10-6-8/h7-8,10-11H,3-6H2,1-2H3. The lowest BCUT2D eigenvalue weighted by Gasteiger charge is -2.16. The summed E-state index contributed by atoms with van der Waals surface area (Å²) >= 11 is 0. The summed E-state index contributed by atoms with van der Waals surface area (Å²) in [6, 6.07) is 0.226. The Morgan fingerprint density at radius 2 is 2.54 bits per heavy atom. The normalized spacial score (nSPS) is 24.3. The molecule has 1 aliphatic rings. The highest BCUT2D eigenvalue weighted by Crippen LogP contribution is 1.99. The molecule has 0 aliphatic carbocycles. The van der Waals surface area contributed by atoms with E-state index in [0.717, 1.165) is 19.5 Å². The Morgan fingerprint density at radius 1 is 1.77 bits per heavy atom. The van der Waals surface area contributed by atoms with Crippen LogP contribution in [0.5, 0.6) is 0 Å². The van der Waals surface area contributed by atoms with Crippen LogP contribution in [0.15, 0.2) is 0 Å². The topological polar surface area (TPSA) is 50.4 Å². The van der Waals surface area contributed by atoms with Gasteiger partial charge in [-0.3, -0.25) is 4.79 Å². The second-order valence-corrected chi connectivity index (χ2v) is 3.33. The molecule has 1 fully saturated rings. The molecule has 4 heteroatoms. The molecule has 76 valence electrons. The van der Waals surface area contributed by atoms with Gasteiger partial charge in [-0.05, 0) is 26.8 Å². The second-order valence-electron chi connectivity index (χ2n) is 3.33. The van der Waals surface area contributed by atoms with Gasteiger partial charge in [-0.15, -0.1) is 0 Å². The third-order valence-corrected chi connectivity index (χ3v) is 2.19. The third-order valence-electron chi connectivity index (χ3n) is 2.19.